The maximum atomic E-state index is 11.6. The molecule has 90 valence electrons. The second-order valence-electron chi connectivity index (χ2n) is 4.62. The van der Waals surface area contributed by atoms with Crippen LogP contribution in [0.3, 0.4) is 0 Å². The summed E-state index contributed by atoms with van der Waals surface area (Å²) >= 11 is 3.45. The fraction of sp³-hybridized carbons (Fsp3) is 1.00. The van der Waals surface area contributed by atoms with Crippen LogP contribution in [-0.4, -0.2) is 25.0 Å². The highest BCUT2D eigenvalue weighted by Crippen LogP contribution is 2.34. The molecule has 1 aliphatic rings. The number of sulfonamides is 1. The van der Waals surface area contributed by atoms with Crippen LogP contribution in [0.4, 0.5) is 0 Å². The molecule has 0 aromatic rings. The topological polar surface area (TPSA) is 46.2 Å². The molecule has 0 spiro atoms. The first-order valence-electron chi connectivity index (χ1n) is 5.51. The molecule has 1 N–H and O–H groups in total. The van der Waals surface area contributed by atoms with Crippen molar-refractivity contribution in [3.05, 3.63) is 0 Å². The van der Waals surface area contributed by atoms with Gasteiger partial charge in [0.1, 0.15) is 0 Å². The molecule has 1 saturated carbocycles. The first-order valence-corrected chi connectivity index (χ1v) is 8.28. The van der Waals surface area contributed by atoms with Crippen LogP contribution in [0, 0.1) is 5.92 Å². The number of hydrogen-bond acceptors (Lipinski definition) is 2. The van der Waals surface area contributed by atoms with Gasteiger partial charge in [-0.15, -0.1) is 0 Å². The van der Waals surface area contributed by atoms with E-state index in [9.17, 15) is 8.42 Å². The molecule has 0 aromatic heterocycles. The quantitative estimate of drug-likeness (QED) is 0.809. The molecule has 0 radical (unpaired) electrons. The minimum atomic E-state index is -3.09. The van der Waals surface area contributed by atoms with Crippen molar-refractivity contribution in [2.45, 2.75) is 45.1 Å². The van der Waals surface area contributed by atoms with Crippen LogP contribution < -0.4 is 4.72 Å². The van der Waals surface area contributed by atoms with Crippen molar-refractivity contribution in [1.82, 2.24) is 4.72 Å². The first-order chi connectivity index (χ1) is 6.93. The highest BCUT2D eigenvalue weighted by Gasteiger charge is 2.36. The minimum Gasteiger partial charge on any atom is -0.212 e. The van der Waals surface area contributed by atoms with Gasteiger partial charge in [0.15, 0.2) is 0 Å². The van der Waals surface area contributed by atoms with Gasteiger partial charge in [0.25, 0.3) is 0 Å². The lowest BCUT2D eigenvalue weighted by Gasteiger charge is -2.39. The van der Waals surface area contributed by atoms with Gasteiger partial charge in [0.2, 0.25) is 10.0 Å². The molecule has 1 rings (SSSR count). The summed E-state index contributed by atoms with van der Waals surface area (Å²) in [6.07, 6.45) is 4.21. The van der Waals surface area contributed by atoms with E-state index in [2.05, 4.69) is 27.6 Å². The van der Waals surface area contributed by atoms with E-state index in [1.165, 1.54) is 6.42 Å². The van der Waals surface area contributed by atoms with Crippen molar-refractivity contribution in [2.24, 2.45) is 5.92 Å². The highest BCUT2D eigenvalue weighted by molar-refractivity contribution is 9.09. The molecule has 0 aromatic carbocycles. The SMILES string of the molecule is CCS(=O)(=O)NC1(CBr)CCCC(C)C1. The van der Waals surface area contributed by atoms with E-state index in [1.54, 1.807) is 6.92 Å². The predicted octanol–water partition coefficient (Wildman–Crippen LogP) is 2.27. The number of nitrogens with one attached hydrogen (secondary N) is 1. The summed E-state index contributed by atoms with van der Waals surface area (Å²) < 4.78 is 26.1. The Kier molecular flexibility index (Phi) is 4.62. The molecule has 3 nitrogen and oxygen atoms in total. The van der Waals surface area contributed by atoms with Gasteiger partial charge in [-0.1, -0.05) is 35.7 Å². The Morgan fingerprint density at radius 1 is 1.53 bits per heavy atom. The summed E-state index contributed by atoms with van der Waals surface area (Å²) in [5.41, 5.74) is -0.244. The molecule has 0 saturated heterocycles. The fourth-order valence-corrected chi connectivity index (χ4v) is 4.20. The zero-order chi connectivity index (χ0) is 11.5. The lowest BCUT2D eigenvalue weighted by molar-refractivity contribution is 0.242. The molecule has 0 bridgehead atoms. The van der Waals surface area contributed by atoms with Crippen LogP contribution in [-0.2, 0) is 10.0 Å². The number of alkyl halides is 1. The van der Waals surface area contributed by atoms with Crippen molar-refractivity contribution in [2.75, 3.05) is 11.1 Å². The lowest BCUT2D eigenvalue weighted by atomic mass is 9.78. The van der Waals surface area contributed by atoms with E-state index < -0.39 is 10.0 Å². The largest absolute Gasteiger partial charge is 0.212 e. The summed E-state index contributed by atoms with van der Waals surface area (Å²) in [6.45, 7) is 3.87. The normalized spacial score (nSPS) is 32.9. The molecule has 5 heteroatoms. The van der Waals surface area contributed by atoms with Crippen LogP contribution >= 0.6 is 15.9 Å². The van der Waals surface area contributed by atoms with E-state index in [1.807, 2.05) is 0 Å². The summed E-state index contributed by atoms with van der Waals surface area (Å²) in [5, 5.41) is 0.712. The highest BCUT2D eigenvalue weighted by atomic mass is 79.9. The molecular formula is C10H20BrNO2S. The molecule has 0 heterocycles. The maximum absolute atomic E-state index is 11.6. The summed E-state index contributed by atoms with van der Waals surface area (Å²) in [6, 6.07) is 0. The molecule has 2 unspecified atom stereocenters. The van der Waals surface area contributed by atoms with Crippen LogP contribution in [0.25, 0.3) is 0 Å². The van der Waals surface area contributed by atoms with Gasteiger partial charge in [0, 0.05) is 10.9 Å². The fourth-order valence-electron chi connectivity index (χ4n) is 2.30. The summed E-state index contributed by atoms with van der Waals surface area (Å²) in [7, 11) is -3.09. The third-order valence-electron chi connectivity index (χ3n) is 3.10. The van der Waals surface area contributed by atoms with Crippen molar-refractivity contribution in [3.8, 4) is 0 Å². The average Bonchev–Trinajstić information content (AvgIpc) is 2.17. The second-order valence-corrected chi connectivity index (χ2v) is 7.19. The van der Waals surface area contributed by atoms with Gasteiger partial charge in [-0.2, -0.15) is 0 Å². The number of halogens is 1. The summed E-state index contributed by atoms with van der Waals surface area (Å²) in [4.78, 5) is 0. The molecule has 1 aliphatic carbocycles. The van der Waals surface area contributed by atoms with E-state index >= 15 is 0 Å². The number of rotatable bonds is 4. The Labute approximate surface area is 101 Å². The van der Waals surface area contributed by atoms with Gasteiger partial charge in [-0.05, 0) is 25.7 Å². The van der Waals surface area contributed by atoms with Crippen LogP contribution in [0.5, 0.6) is 0 Å². The minimum absolute atomic E-state index is 0.163. The Morgan fingerprint density at radius 2 is 2.20 bits per heavy atom. The van der Waals surface area contributed by atoms with Crippen molar-refractivity contribution in [1.29, 1.82) is 0 Å². The lowest BCUT2D eigenvalue weighted by Crippen LogP contribution is -2.52. The summed E-state index contributed by atoms with van der Waals surface area (Å²) in [5.74, 6) is 0.770. The first kappa shape index (κ1) is 13.5. The van der Waals surface area contributed by atoms with E-state index in [-0.39, 0.29) is 11.3 Å². The monoisotopic (exact) mass is 297 g/mol. The Bertz CT molecular complexity index is 305. The Balaban J connectivity index is 2.76. The van der Waals surface area contributed by atoms with E-state index in [0.717, 1.165) is 19.3 Å². The van der Waals surface area contributed by atoms with Crippen LogP contribution in [0.15, 0.2) is 0 Å². The average molecular weight is 298 g/mol. The van der Waals surface area contributed by atoms with Crippen molar-refractivity contribution >= 4 is 26.0 Å². The third-order valence-corrected chi connectivity index (χ3v) is 5.68. The van der Waals surface area contributed by atoms with Crippen molar-refractivity contribution in [3.63, 3.8) is 0 Å². The standard InChI is InChI=1S/C10H20BrNO2S/c1-3-15(13,14)12-10(8-11)6-4-5-9(2)7-10/h9,12H,3-8H2,1-2H3. The molecule has 2 atom stereocenters. The van der Waals surface area contributed by atoms with E-state index in [0.29, 0.717) is 11.2 Å². The Hall–Kier alpha value is 0.390. The smallest absolute Gasteiger partial charge is 0.211 e. The molecule has 0 aliphatic heterocycles. The van der Waals surface area contributed by atoms with Gasteiger partial charge in [-0.25, -0.2) is 13.1 Å². The maximum Gasteiger partial charge on any atom is 0.211 e. The third kappa shape index (κ3) is 3.71. The molecular weight excluding hydrogens is 278 g/mol. The Morgan fingerprint density at radius 3 is 2.67 bits per heavy atom. The van der Waals surface area contributed by atoms with Gasteiger partial charge in [-0.3, -0.25) is 0 Å². The van der Waals surface area contributed by atoms with Gasteiger partial charge < -0.3 is 0 Å². The van der Waals surface area contributed by atoms with Gasteiger partial charge >= 0.3 is 0 Å². The number of hydrogen-bond donors (Lipinski definition) is 1. The molecule has 15 heavy (non-hydrogen) atoms. The zero-order valence-corrected chi connectivity index (χ0v) is 11.8. The predicted molar refractivity (Wildman–Crippen MR) is 66.8 cm³/mol. The van der Waals surface area contributed by atoms with Crippen LogP contribution in [0.1, 0.15) is 39.5 Å². The zero-order valence-electron chi connectivity index (χ0n) is 9.42. The molecule has 0 amide bonds. The van der Waals surface area contributed by atoms with Crippen molar-refractivity contribution < 1.29 is 8.42 Å². The second kappa shape index (κ2) is 5.15. The molecule has 1 fully saturated rings. The van der Waals surface area contributed by atoms with E-state index in [4.69, 9.17) is 0 Å². The van der Waals surface area contributed by atoms with Crippen LogP contribution in [0.2, 0.25) is 0 Å². The van der Waals surface area contributed by atoms with Gasteiger partial charge in [0.05, 0.1) is 5.75 Å².